The highest BCUT2D eigenvalue weighted by molar-refractivity contribution is 5.94. The molecule has 0 bridgehead atoms. The monoisotopic (exact) mass is 358 g/mol. The highest BCUT2D eigenvalue weighted by Gasteiger charge is 2.24. The number of hydrogen-bond donors (Lipinski definition) is 2. The number of aryl methyl sites for hydroxylation is 1. The Bertz CT molecular complexity index is 620. The molecule has 0 aliphatic carbocycles. The van der Waals surface area contributed by atoms with Crippen LogP contribution in [0.4, 0.5) is 0 Å². The van der Waals surface area contributed by atoms with Crippen LogP contribution in [-0.2, 0) is 5.41 Å². The molecule has 1 atom stereocenters. The van der Waals surface area contributed by atoms with Gasteiger partial charge in [0, 0.05) is 25.0 Å². The lowest BCUT2D eigenvalue weighted by atomic mass is 9.95. The summed E-state index contributed by atoms with van der Waals surface area (Å²) in [6.45, 7) is 12.2. The minimum atomic E-state index is -0.382. The van der Waals surface area contributed by atoms with Gasteiger partial charge in [-0.1, -0.05) is 34.6 Å². The minimum absolute atomic E-state index is 0. The van der Waals surface area contributed by atoms with Gasteiger partial charge in [0.1, 0.15) is 11.4 Å². The maximum Gasteiger partial charge on any atom is 0.264 e. The number of H-pyrrole nitrogens is 1. The lowest BCUT2D eigenvalue weighted by molar-refractivity contribution is 0.0786. The smallest absolute Gasteiger partial charge is 0.264 e. The van der Waals surface area contributed by atoms with Gasteiger partial charge in [0.25, 0.3) is 11.5 Å². The summed E-state index contributed by atoms with van der Waals surface area (Å²) in [7, 11) is 1.69. The Kier molecular flexibility index (Phi) is 8.12. The zero-order valence-corrected chi connectivity index (χ0v) is 16.6. The summed E-state index contributed by atoms with van der Waals surface area (Å²) < 4.78 is 0. The molecule has 3 N–H and O–H groups in total. The van der Waals surface area contributed by atoms with Crippen LogP contribution < -0.4 is 11.3 Å². The Morgan fingerprint density at radius 3 is 2.29 bits per heavy atom. The van der Waals surface area contributed by atoms with Crippen LogP contribution in [0.5, 0.6) is 0 Å². The van der Waals surface area contributed by atoms with Crippen LogP contribution in [0.3, 0.4) is 0 Å². The molecule has 0 aliphatic rings. The Morgan fingerprint density at radius 1 is 1.33 bits per heavy atom. The number of nitrogens with zero attached hydrogens (tertiary/aromatic N) is 2. The predicted molar refractivity (Wildman–Crippen MR) is 99.9 cm³/mol. The molecule has 0 spiro atoms. The zero-order chi connectivity index (χ0) is 17.9. The fourth-order valence-electron chi connectivity index (χ4n) is 2.16. The first-order valence-corrected chi connectivity index (χ1v) is 8.07. The van der Waals surface area contributed by atoms with Gasteiger partial charge in [0.2, 0.25) is 0 Å². The Hall–Kier alpha value is -1.40. The molecule has 24 heavy (non-hydrogen) atoms. The summed E-state index contributed by atoms with van der Waals surface area (Å²) in [6.07, 6.45) is 0.699. The average Bonchev–Trinajstić information content (AvgIpc) is 2.42. The largest absolute Gasteiger partial charge is 0.341 e. The highest BCUT2D eigenvalue weighted by Crippen LogP contribution is 2.17. The molecule has 6 nitrogen and oxygen atoms in total. The number of aromatic nitrogens is 2. The first-order valence-electron chi connectivity index (χ1n) is 8.07. The van der Waals surface area contributed by atoms with Crippen molar-refractivity contribution in [1.29, 1.82) is 0 Å². The second-order valence-corrected chi connectivity index (χ2v) is 7.55. The number of halogens is 1. The number of aromatic amines is 1. The molecule has 0 saturated heterocycles. The van der Waals surface area contributed by atoms with Crippen molar-refractivity contribution in [3.05, 3.63) is 27.4 Å². The molecule has 1 aromatic heterocycles. The van der Waals surface area contributed by atoms with Crippen molar-refractivity contribution in [2.45, 2.75) is 59.4 Å². The molecular weight excluding hydrogens is 328 g/mol. The van der Waals surface area contributed by atoms with E-state index in [2.05, 4.69) is 23.8 Å². The average molecular weight is 359 g/mol. The van der Waals surface area contributed by atoms with Crippen molar-refractivity contribution in [3.8, 4) is 0 Å². The number of amides is 1. The van der Waals surface area contributed by atoms with E-state index in [0.29, 0.717) is 30.4 Å². The molecule has 0 radical (unpaired) electrons. The summed E-state index contributed by atoms with van der Waals surface area (Å²) in [5, 5.41) is 0. The van der Waals surface area contributed by atoms with Gasteiger partial charge >= 0.3 is 0 Å². The molecule has 0 aromatic carbocycles. The number of rotatable bonds is 5. The van der Waals surface area contributed by atoms with Crippen molar-refractivity contribution < 1.29 is 4.79 Å². The van der Waals surface area contributed by atoms with E-state index >= 15 is 0 Å². The third kappa shape index (κ3) is 5.60. The maximum absolute atomic E-state index is 12.6. The number of nitrogens with one attached hydrogen (secondary N) is 1. The van der Waals surface area contributed by atoms with Crippen LogP contribution >= 0.6 is 12.4 Å². The standard InChI is InChI=1S/C17H30N4O2.ClH/c1-10(2)12(18)8-9-21(7)15(23)13-11(3)19-16(17(4,5)6)20-14(13)22;/h10,12H,8-9,18H2,1-7H3,(H,19,20,22);1H. The number of carbonyl (C=O) groups is 1. The van der Waals surface area contributed by atoms with Crippen LogP contribution in [0.1, 0.15) is 62.9 Å². The van der Waals surface area contributed by atoms with Crippen molar-refractivity contribution in [3.63, 3.8) is 0 Å². The number of nitrogens with two attached hydrogens (primary N) is 1. The van der Waals surface area contributed by atoms with Gasteiger partial charge in [0.05, 0.1) is 5.69 Å². The summed E-state index contributed by atoms with van der Waals surface area (Å²) in [5.74, 6) is 0.630. The molecule has 1 unspecified atom stereocenters. The minimum Gasteiger partial charge on any atom is -0.341 e. The Balaban J connectivity index is 0.00000529. The third-order valence-electron chi connectivity index (χ3n) is 4.03. The van der Waals surface area contributed by atoms with Gasteiger partial charge in [-0.25, -0.2) is 4.98 Å². The molecule has 1 rings (SSSR count). The molecule has 0 aliphatic heterocycles. The lowest BCUT2D eigenvalue weighted by Crippen LogP contribution is -2.38. The third-order valence-corrected chi connectivity index (χ3v) is 4.03. The molecular formula is C17H31ClN4O2. The van der Waals surface area contributed by atoms with Gasteiger partial charge in [-0.3, -0.25) is 9.59 Å². The number of carbonyl (C=O) groups excluding carboxylic acids is 1. The molecule has 0 fully saturated rings. The van der Waals surface area contributed by atoms with E-state index < -0.39 is 0 Å². The molecule has 1 heterocycles. The zero-order valence-electron chi connectivity index (χ0n) is 15.8. The summed E-state index contributed by atoms with van der Waals surface area (Å²) in [4.78, 5) is 33.6. The van der Waals surface area contributed by atoms with Gasteiger partial charge in [-0.2, -0.15) is 0 Å². The molecule has 1 amide bonds. The van der Waals surface area contributed by atoms with E-state index in [1.54, 1.807) is 14.0 Å². The first-order chi connectivity index (χ1) is 10.4. The molecule has 0 saturated carbocycles. The molecule has 1 aromatic rings. The van der Waals surface area contributed by atoms with Gasteiger partial charge in [-0.15, -0.1) is 12.4 Å². The Labute approximate surface area is 150 Å². The van der Waals surface area contributed by atoms with E-state index in [1.807, 2.05) is 20.8 Å². The molecule has 138 valence electrons. The Morgan fingerprint density at radius 2 is 1.88 bits per heavy atom. The fraction of sp³-hybridized carbons (Fsp3) is 0.706. The van der Waals surface area contributed by atoms with Crippen LogP contribution in [-0.4, -0.2) is 40.4 Å². The molecule has 7 heteroatoms. The van der Waals surface area contributed by atoms with Crippen LogP contribution in [0, 0.1) is 12.8 Å². The lowest BCUT2D eigenvalue weighted by Gasteiger charge is -2.23. The fourth-order valence-corrected chi connectivity index (χ4v) is 2.16. The highest BCUT2D eigenvalue weighted by atomic mass is 35.5. The van der Waals surface area contributed by atoms with Gasteiger partial charge < -0.3 is 15.6 Å². The van der Waals surface area contributed by atoms with Crippen molar-refractivity contribution >= 4 is 18.3 Å². The number of hydrogen-bond acceptors (Lipinski definition) is 4. The van der Waals surface area contributed by atoms with Gasteiger partial charge in [0.15, 0.2) is 0 Å². The van der Waals surface area contributed by atoms with Crippen LogP contribution in [0.25, 0.3) is 0 Å². The predicted octanol–water partition coefficient (Wildman–Crippen LogP) is 2.24. The summed E-state index contributed by atoms with van der Waals surface area (Å²) >= 11 is 0. The quantitative estimate of drug-likeness (QED) is 0.844. The summed E-state index contributed by atoms with van der Waals surface area (Å²) in [6, 6.07) is 0.0334. The van der Waals surface area contributed by atoms with E-state index in [4.69, 9.17) is 5.73 Å². The van der Waals surface area contributed by atoms with Crippen molar-refractivity contribution in [1.82, 2.24) is 14.9 Å². The summed E-state index contributed by atoms with van der Waals surface area (Å²) in [5.41, 5.74) is 5.93. The SMILES string of the molecule is Cc1nc(C(C)(C)C)[nH]c(=O)c1C(=O)N(C)CCC(N)C(C)C.Cl. The second kappa shape index (κ2) is 8.62. The van der Waals surface area contributed by atoms with Crippen LogP contribution in [0.15, 0.2) is 4.79 Å². The van der Waals surface area contributed by atoms with E-state index in [1.165, 1.54) is 4.90 Å². The topological polar surface area (TPSA) is 92.1 Å². The first kappa shape index (κ1) is 22.6. The van der Waals surface area contributed by atoms with Gasteiger partial charge in [-0.05, 0) is 19.3 Å². The van der Waals surface area contributed by atoms with Crippen LogP contribution in [0.2, 0.25) is 0 Å². The maximum atomic E-state index is 12.6. The van der Waals surface area contributed by atoms with Crippen molar-refractivity contribution in [2.24, 2.45) is 11.7 Å². The second-order valence-electron chi connectivity index (χ2n) is 7.55. The van der Waals surface area contributed by atoms with E-state index in [0.717, 1.165) is 0 Å². The van der Waals surface area contributed by atoms with E-state index in [9.17, 15) is 9.59 Å². The normalized spacial score (nSPS) is 12.7. The van der Waals surface area contributed by atoms with E-state index in [-0.39, 0.29) is 40.9 Å². The van der Waals surface area contributed by atoms with Crippen molar-refractivity contribution in [2.75, 3.05) is 13.6 Å².